The van der Waals surface area contributed by atoms with E-state index in [2.05, 4.69) is 15.3 Å². The first-order valence-corrected chi connectivity index (χ1v) is 9.03. The van der Waals surface area contributed by atoms with Gasteiger partial charge in [0, 0.05) is 34.9 Å². The Bertz CT molecular complexity index is 1030. The van der Waals surface area contributed by atoms with Crippen molar-refractivity contribution in [3.8, 4) is 0 Å². The van der Waals surface area contributed by atoms with Crippen molar-refractivity contribution in [2.75, 3.05) is 7.05 Å². The summed E-state index contributed by atoms with van der Waals surface area (Å²) in [6.07, 6.45) is 3.45. The molecule has 3 aromatic rings. The van der Waals surface area contributed by atoms with Gasteiger partial charge in [-0.15, -0.1) is 7.05 Å². The molecule has 0 aliphatic heterocycles. The molecule has 6 N–H and O–H groups in total. The van der Waals surface area contributed by atoms with E-state index in [0.717, 1.165) is 28.2 Å². The number of benzene rings is 1. The molecule has 0 saturated carbocycles. The maximum atomic E-state index is 10.2. The first-order chi connectivity index (χ1) is 13.0. The minimum atomic E-state index is -0.0981. The molecule has 0 saturated heterocycles. The first kappa shape index (κ1) is 23.7. The Balaban J connectivity index is 0.000000414. The van der Waals surface area contributed by atoms with Crippen molar-refractivity contribution in [3.63, 3.8) is 0 Å². The van der Waals surface area contributed by atoms with Gasteiger partial charge in [0.05, 0.1) is 0 Å². The molecule has 0 amide bonds. The summed E-state index contributed by atoms with van der Waals surface area (Å²) in [5.41, 5.74) is 8.53. The molecule has 2 aromatic heterocycles. The van der Waals surface area contributed by atoms with Crippen LogP contribution in [0.15, 0.2) is 59.0 Å². The summed E-state index contributed by atoms with van der Waals surface area (Å²) in [5.74, 6) is 0. The summed E-state index contributed by atoms with van der Waals surface area (Å²) in [5, 5.41) is 21.9. The molecule has 0 aliphatic carbocycles. The number of pyridine rings is 1. The van der Waals surface area contributed by atoms with E-state index in [1.807, 2.05) is 24.4 Å². The number of hydrogen-bond donors (Lipinski definition) is 5. The molecule has 7 nitrogen and oxygen atoms in total. The first-order valence-electron chi connectivity index (χ1n) is 7.74. The van der Waals surface area contributed by atoms with E-state index in [-0.39, 0.29) is 36.8 Å². The van der Waals surface area contributed by atoms with Crippen LogP contribution >= 0.6 is 11.8 Å². The number of nitrogens with one attached hydrogen (secondary N) is 4. The van der Waals surface area contributed by atoms with Crippen LogP contribution in [0.25, 0.3) is 21.9 Å². The number of amidine groups is 1. The minimum absolute atomic E-state index is 0. The van der Waals surface area contributed by atoms with E-state index >= 15 is 0 Å². The fourth-order valence-corrected chi connectivity index (χ4v) is 2.95. The number of aromatic nitrogens is 2. The van der Waals surface area contributed by atoms with Gasteiger partial charge in [0.1, 0.15) is 5.04 Å². The predicted molar refractivity (Wildman–Crippen MR) is 116 cm³/mol. The van der Waals surface area contributed by atoms with Crippen LogP contribution in [0.4, 0.5) is 0 Å². The molecule has 0 atom stereocenters. The van der Waals surface area contributed by atoms with Crippen LogP contribution in [0.5, 0.6) is 0 Å². The zero-order valence-electron chi connectivity index (χ0n) is 14.9. The van der Waals surface area contributed by atoms with Gasteiger partial charge >= 0.3 is 21.1 Å². The van der Waals surface area contributed by atoms with Crippen LogP contribution in [0.1, 0.15) is 11.1 Å². The van der Waals surface area contributed by atoms with E-state index in [0.29, 0.717) is 11.3 Å². The van der Waals surface area contributed by atoms with Crippen LogP contribution in [0.2, 0.25) is 0 Å². The Morgan fingerprint density at radius 2 is 2.00 bits per heavy atom. The third-order valence-electron chi connectivity index (χ3n) is 3.46. The van der Waals surface area contributed by atoms with Gasteiger partial charge in [-0.3, -0.25) is 15.6 Å². The standard InChI is InChI=1S/C13H14N5S2.C5H5NO.W/c1-17-11(6-19)9-5-18-10-3-2-7(4-8(9)10)12(14)20-13(15)16;7-5-3-1-2-4-6-5;/h2-6,19H,1H3,(H2,14,18)(H3,15,16);1-4H,(H,6,7);/q-1;;+2/p-1/b11-6-;;. The van der Waals surface area contributed by atoms with Crippen molar-refractivity contribution in [2.24, 2.45) is 5.73 Å². The van der Waals surface area contributed by atoms with Crippen LogP contribution in [0, 0.1) is 10.8 Å². The molecule has 0 spiro atoms. The largest absolute Gasteiger partial charge is 2.00 e. The second-order valence-electron chi connectivity index (χ2n) is 5.21. The molecule has 0 aliphatic rings. The summed E-state index contributed by atoms with van der Waals surface area (Å²) in [6.45, 7) is 0. The Morgan fingerprint density at radius 1 is 1.25 bits per heavy atom. The number of aromatic amines is 2. The molecule has 28 heavy (non-hydrogen) atoms. The summed E-state index contributed by atoms with van der Waals surface area (Å²) >= 11 is 5.88. The fourth-order valence-electron chi connectivity index (χ4n) is 2.26. The van der Waals surface area contributed by atoms with Crippen LogP contribution in [-0.4, -0.2) is 27.2 Å². The monoisotopic (exact) mass is 582 g/mol. The van der Waals surface area contributed by atoms with Crippen LogP contribution in [-0.2, 0) is 33.7 Å². The van der Waals surface area contributed by atoms with E-state index in [9.17, 15) is 4.79 Å². The number of H-pyrrole nitrogens is 2. The smallest absolute Gasteiger partial charge is 0.788 e. The van der Waals surface area contributed by atoms with Gasteiger partial charge in [-0.25, -0.2) is 5.41 Å². The Morgan fingerprint density at radius 3 is 2.50 bits per heavy atom. The SMILES string of the molecule is C[N-]/C(=C\[S-])c1c[nH]c2ccc(C(=N)SC(=N)N)cc12.O=c1cccc[nH]1.[W+2]. The van der Waals surface area contributed by atoms with Gasteiger partial charge in [-0.1, -0.05) is 12.1 Å². The van der Waals surface area contributed by atoms with Crippen molar-refractivity contribution in [2.45, 2.75) is 0 Å². The van der Waals surface area contributed by atoms with E-state index < -0.39 is 0 Å². The Hall–Kier alpha value is -2.35. The summed E-state index contributed by atoms with van der Waals surface area (Å²) in [7, 11) is 1.69. The summed E-state index contributed by atoms with van der Waals surface area (Å²) < 4.78 is 0. The second kappa shape index (κ2) is 11.5. The Kier molecular flexibility index (Phi) is 9.71. The van der Waals surface area contributed by atoms with E-state index in [1.54, 1.807) is 25.4 Å². The topological polar surface area (TPSA) is 136 Å². The van der Waals surface area contributed by atoms with Gasteiger partial charge in [-0.2, -0.15) is 5.70 Å². The number of thioether (sulfide) groups is 1. The number of hydrogen-bond acceptors (Lipinski definition) is 5. The molecule has 0 fully saturated rings. The average molecular weight is 582 g/mol. The average Bonchev–Trinajstić information content (AvgIpc) is 3.07. The molecule has 0 unspecified atom stereocenters. The van der Waals surface area contributed by atoms with Gasteiger partial charge in [0.15, 0.2) is 5.17 Å². The zero-order chi connectivity index (χ0) is 19.8. The second-order valence-corrected chi connectivity index (χ2v) is 6.50. The third-order valence-corrected chi connectivity index (χ3v) is 4.35. The zero-order valence-corrected chi connectivity index (χ0v) is 19.4. The molecule has 0 bridgehead atoms. The molecule has 0 radical (unpaired) electrons. The maximum Gasteiger partial charge on any atom is 2.00 e. The maximum absolute atomic E-state index is 10.2. The van der Waals surface area contributed by atoms with Crippen LogP contribution < -0.4 is 11.3 Å². The molecule has 3 rings (SSSR count). The molecule has 10 heteroatoms. The van der Waals surface area contributed by atoms with E-state index in [4.69, 9.17) is 29.2 Å². The molecular weight excluding hydrogens is 564 g/mol. The number of rotatable bonds is 3. The molecule has 1 aromatic carbocycles. The number of fused-ring (bicyclic) bond motifs is 1. The number of nitrogens with two attached hydrogens (primary N) is 1. The van der Waals surface area contributed by atoms with Crippen molar-refractivity contribution < 1.29 is 21.1 Å². The van der Waals surface area contributed by atoms with Crippen molar-refractivity contribution in [3.05, 3.63) is 81.0 Å². The van der Waals surface area contributed by atoms with E-state index in [1.165, 1.54) is 11.5 Å². The van der Waals surface area contributed by atoms with Crippen molar-refractivity contribution in [1.29, 1.82) is 10.8 Å². The van der Waals surface area contributed by atoms with Gasteiger partial charge in [-0.05, 0) is 35.5 Å². The number of nitrogens with zero attached hydrogens (tertiary/aromatic N) is 1. The Labute approximate surface area is 186 Å². The molecule has 144 valence electrons. The summed E-state index contributed by atoms with van der Waals surface area (Å²) in [6, 6.07) is 10.5. The van der Waals surface area contributed by atoms with Crippen molar-refractivity contribution in [1.82, 2.24) is 9.97 Å². The van der Waals surface area contributed by atoms with Gasteiger partial charge < -0.3 is 33.6 Å². The van der Waals surface area contributed by atoms with Gasteiger partial charge in [0.2, 0.25) is 5.56 Å². The minimum Gasteiger partial charge on any atom is -0.788 e. The normalized spacial score (nSPS) is 10.4. The molecular formula is C18H18N6OS2W. The van der Waals surface area contributed by atoms with Crippen LogP contribution in [0.3, 0.4) is 0 Å². The quantitative estimate of drug-likeness (QED) is 0.184. The van der Waals surface area contributed by atoms with Gasteiger partial charge in [0.25, 0.3) is 0 Å². The third kappa shape index (κ3) is 6.37. The molecule has 2 heterocycles. The predicted octanol–water partition coefficient (Wildman–Crippen LogP) is 3.34. The summed E-state index contributed by atoms with van der Waals surface area (Å²) in [4.78, 5) is 15.8. The fraction of sp³-hybridized carbons (Fsp3) is 0.0556. The van der Waals surface area contributed by atoms with Crippen molar-refractivity contribution >= 4 is 51.2 Å².